The fourth-order valence-corrected chi connectivity index (χ4v) is 3.27. The highest BCUT2D eigenvalue weighted by Gasteiger charge is 2.22. The van der Waals surface area contributed by atoms with Crippen LogP contribution >= 0.6 is 0 Å². The molecule has 2 aliphatic heterocycles. The summed E-state index contributed by atoms with van der Waals surface area (Å²) in [5, 5.41) is 10.2. The summed E-state index contributed by atoms with van der Waals surface area (Å²) < 4.78 is 11.1. The lowest BCUT2D eigenvalue weighted by molar-refractivity contribution is -0.0262. The van der Waals surface area contributed by atoms with Crippen LogP contribution in [0.15, 0.2) is 6.20 Å². The van der Waals surface area contributed by atoms with Gasteiger partial charge in [0, 0.05) is 38.4 Å². The number of aliphatic hydroxyl groups is 1. The molecular formula is C18H29N3O3. The average molecular weight is 335 g/mol. The molecule has 1 aromatic heterocycles. The Labute approximate surface area is 144 Å². The second-order valence-corrected chi connectivity index (χ2v) is 7.17. The fourth-order valence-electron chi connectivity index (χ4n) is 3.27. The van der Waals surface area contributed by atoms with Gasteiger partial charge in [-0.1, -0.05) is 13.8 Å². The first-order valence-corrected chi connectivity index (χ1v) is 9.06. The van der Waals surface area contributed by atoms with E-state index in [1.165, 1.54) is 5.56 Å². The Balaban J connectivity index is 1.45. The Hall–Kier alpha value is -1.08. The lowest BCUT2D eigenvalue weighted by Crippen LogP contribution is -2.39. The van der Waals surface area contributed by atoms with Gasteiger partial charge in [-0.15, -0.1) is 0 Å². The molecule has 6 nitrogen and oxygen atoms in total. The quantitative estimate of drug-likeness (QED) is 0.815. The van der Waals surface area contributed by atoms with Crippen LogP contribution in [0.4, 0.5) is 0 Å². The van der Waals surface area contributed by atoms with Crippen molar-refractivity contribution >= 4 is 0 Å². The molecule has 6 heteroatoms. The third kappa shape index (κ3) is 4.72. The molecule has 3 heterocycles. The van der Waals surface area contributed by atoms with E-state index in [1.807, 2.05) is 6.20 Å². The molecule has 0 radical (unpaired) electrons. The third-order valence-electron chi connectivity index (χ3n) is 4.67. The van der Waals surface area contributed by atoms with E-state index in [2.05, 4.69) is 23.7 Å². The van der Waals surface area contributed by atoms with E-state index < -0.39 is 6.10 Å². The van der Waals surface area contributed by atoms with Gasteiger partial charge in [0.1, 0.15) is 5.82 Å². The van der Waals surface area contributed by atoms with Gasteiger partial charge in [-0.2, -0.15) is 0 Å². The first-order chi connectivity index (χ1) is 11.6. The highest BCUT2D eigenvalue weighted by Crippen LogP contribution is 2.19. The molecule has 24 heavy (non-hydrogen) atoms. The van der Waals surface area contributed by atoms with Gasteiger partial charge in [0.15, 0.2) is 0 Å². The topological polar surface area (TPSA) is 67.7 Å². The first kappa shape index (κ1) is 17.7. The molecule has 0 aromatic carbocycles. The smallest absolute Gasteiger partial charge is 0.131 e. The monoisotopic (exact) mass is 335 g/mol. The highest BCUT2D eigenvalue weighted by atomic mass is 16.5. The van der Waals surface area contributed by atoms with E-state index in [-0.39, 0.29) is 6.10 Å². The molecule has 1 saturated heterocycles. The number of ether oxygens (including phenoxy) is 2. The summed E-state index contributed by atoms with van der Waals surface area (Å²) in [7, 11) is 0. The number of aliphatic hydroxyl groups excluding tert-OH is 1. The van der Waals surface area contributed by atoms with Crippen LogP contribution in [0.3, 0.4) is 0 Å². The largest absolute Gasteiger partial charge is 0.389 e. The molecule has 0 aliphatic carbocycles. The van der Waals surface area contributed by atoms with Crippen molar-refractivity contribution in [1.29, 1.82) is 0 Å². The molecule has 2 atom stereocenters. The van der Waals surface area contributed by atoms with Crippen LogP contribution in [0, 0.1) is 0 Å². The zero-order valence-electron chi connectivity index (χ0n) is 14.8. The number of nitrogens with zero attached hydrogens (tertiary/aromatic N) is 3. The molecule has 0 bridgehead atoms. The van der Waals surface area contributed by atoms with Crippen molar-refractivity contribution in [3.63, 3.8) is 0 Å². The number of hydrogen-bond acceptors (Lipinski definition) is 6. The van der Waals surface area contributed by atoms with Crippen molar-refractivity contribution < 1.29 is 14.6 Å². The Morgan fingerprint density at radius 2 is 2.33 bits per heavy atom. The van der Waals surface area contributed by atoms with Gasteiger partial charge in [-0.25, -0.2) is 9.97 Å². The molecule has 1 fully saturated rings. The standard InChI is InChI=1S/C18H29N3O3/c1-13(2)18-19-8-14-5-6-21(10-17(14)20-18)9-15(22)11-23-12-16-4-3-7-24-16/h8,13,15-16,22H,3-7,9-12H2,1-2H3/t15-,16-/m0/s1. The minimum Gasteiger partial charge on any atom is -0.389 e. The van der Waals surface area contributed by atoms with Crippen LogP contribution < -0.4 is 0 Å². The van der Waals surface area contributed by atoms with E-state index in [0.717, 1.165) is 50.5 Å². The summed E-state index contributed by atoms with van der Waals surface area (Å²) >= 11 is 0. The van der Waals surface area contributed by atoms with Gasteiger partial charge < -0.3 is 14.6 Å². The number of aromatic nitrogens is 2. The summed E-state index contributed by atoms with van der Waals surface area (Å²) in [6.45, 7) is 8.33. The maximum absolute atomic E-state index is 10.2. The number of hydrogen-bond donors (Lipinski definition) is 1. The maximum atomic E-state index is 10.2. The molecule has 0 saturated carbocycles. The van der Waals surface area contributed by atoms with Gasteiger partial charge >= 0.3 is 0 Å². The second-order valence-electron chi connectivity index (χ2n) is 7.17. The molecule has 0 unspecified atom stereocenters. The van der Waals surface area contributed by atoms with Crippen molar-refractivity contribution in [2.45, 2.75) is 57.8 Å². The van der Waals surface area contributed by atoms with E-state index in [9.17, 15) is 5.11 Å². The Bertz CT molecular complexity index is 532. The summed E-state index contributed by atoms with van der Waals surface area (Å²) in [4.78, 5) is 11.4. The summed E-state index contributed by atoms with van der Waals surface area (Å²) in [5.74, 6) is 1.23. The highest BCUT2D eigenvalue weighted by molar-refractivity contribution is 5.21. The van der Waals surface area contributed by atoms with Crippen LogP contribution in [0.1, 0.15) is 49.7 Å². The zero-order chi connectivity index (χ0) is 16.9. The van der Waals surface area contributed by atoms with Gasteiger partial charge in [0.25, 0.3) is 0 Å². The van der Waals surface area contributed by atoms with Gasteiger partial charge in [0.05, 0.1) is 31.1 Å². The molecule has 1 aromatic rings. The maximum Gasteiger partial charge on any atom is 0.131 e. The normalized spacial score (nSPS) is 22.8. The predicted octanol–water partition coefficient (Wildman–Crippen LogP) is 1.51. The minimum absolute atomic E-state index is 0.213. The summed E-state index contributed by atoms with van der Waals surface area (Å²) in [6.07, 6.45) is 4.83. The number of rotatable bonds is 7. The molecule has 2 aliphatic rings. The number of β-amino-alcohol motifs (C(OH)–C–C–N with tert-alkyl or cyclic N) is 1. The van der Waals surface area contributed by atoms with Crippen LogP contribution in [0.25, 0.3) is 0 Å². The minimum atomic E-state index is -0.473. The molecule has 0 spiro atoms. The van der Waals surface area contributed by atoms with E-state index >= 15 is 0 Å². The number of fused-ring (bicyclic) bond motifs is 1. The van der Waals surface area contributed by atoms with Crippen molar-refractivity contribution in [3.05, 3.63) is 23.3 Å². The van der Waals surface area contributed by atoms with Crippen LogP contribution in [-0.4, -0.2) is 65.1 Å². The lowest BCUT2D eigenvalue weighted by atomic mass is 10.1. The van der Waals surface area contributed by atoms with Crippen LogP contribution in [0.2, 0.25) is 0 Å². The molecule has 0 amide bonds. The van der Waals surface area contributed by atoms with E-state index in [1.54, 1.807) is 0 Å². The van der Waals surface area contributed by atoms with Crippen molar-refractivity contribution in [2.24, 2.45) is 0 Å². The Morgan fingerprint density at radius 3 is 3.08 bits per heavy atom. The van der Waals surface area contributed by atoms with Gasteiger partial charge in [0.2, 0.25) is 0 Å². The Morgan fingerprint density at radius 1 is 1.46 bits per heavy atom. The second kappa shape index (κ2) is 8.34. The zero-order valence-corrected chi connectivity index (χ0v) is 14.8. The SMILES string of the molecule is CC(C)c1ncc2c(n1)CN(C[C@H](O)COC[C@@H]1CCCO1)CC2. The lowest BCUT2D eigenvalue weighted by Gasteiger charge is -2.29. The molecule has 3 rings (SSSR count). The Kier molecular flexibility index (Phi) is 6.16. The molecule has 134 valence electrons. The van der Waals surface area contributed by atoms with Crippen LogP contribution in [-0.2, 0) is 22.4 Å². The fraction of sp³-hybridized carbons (Fsp3) is 0.778. The first-order valence-electron chi connectivity index (χ1n) is 9.06. The van der Waals surface area contributed by atoms with Crippen molar-refractivity contribution in [1.82, 2.24) is 14.9 Å². The third-order valence-corrected chi connectivity index (χ3v) is 4.67. The van der Waals surface area contributed by atoms with E-state index in [0.29, 0.717) is 25.7 Å². The predicted molar refractivity (Wildman–Crippen MR) is 90.9 cm³/mol. The van der Waals surface area contributed by atoms with E-state index in [4.69, 9.17) is 14.5 Å². The molecular weight excluding hydrogens is 306 g/mol. The van der Waals surface area contributed by atoms with Crippen molar-refractivity contribution in [3.8, 4) is 0 Å². The summed E-state index contributed by atoms with van der Waals surface area (Å²) in [6, 6.07) is 0. The average Bonchev–Trinajstić information content (AvgIpc) is 3.07. The van der Waals surface area contributed by atoms with Crippen molar-refractivity contribution in [2.75, 3.05) is 32.9 Å². The van der Waals surface area contributed by atoms with Gasteiger partial charge in [-0.05, 0) is 24.8 Å². The summed E-state index contributed by atoms with van der Waals surface area (Å²) in [5.41, 5.74) is 2.34. The molecule has 1 N–H and O–H groups in total. The van der Waals surface area contributed by atoms with Crippen LogP contribution in [0.5, 0.6) is 0 Å². The van der Waals surface area contributed by atoms with Gasteiger partial charge in [-0.3, -0.25) is 4.90 Å².